The molecule has 0 aliphatic rings. The third kappa shape index (κ3) is 6.25. The second-order valence-electron chi connectivity index (χ2n) is 5.24. The van der Waals surface area contributed by atoms with Gasteiger partial charge in [-0.15, -0.1) is 0 Å². The lowest BCUT2D eigenvalue weighted by atomic mass is 10.2. The van der Waals surface area contributed by atoms with Gasteiger partial charge in [-0.25, -0.2) is 0 Å². The number of H-pyrrole nitrogens is 1. The first-order chi connectivity index (χ1) is 12.3. The minimum absolute atomic E-state index is 0.0159. The van der Waals surface area contributed by atoms with E-state index in [4.69, 9.17) is 24.0 Å². The van der Waals surface area contributed by atoms with Crippen molar-refractivity contribution >= 4 is 7.60 Å². The molecule has 0 unspecified atom stereocenters. The zero-order valence-electron chi connectivity index (χ0n) is 13.9. The summed E-state index contributed by atoms with van der Waals surface area (Å²) in [5.41, 5.74) is 0.183. The minimum atomic E-state index is -4.36. The second-order valence-corrected chi connectivity index (χ2v) is 6.82. The van der Waals surface area contributed by atoms with Crippen LogP contribution in [-0.4, -0.2) is 57.6 Å². The monoisotopic (exact) mass is 386 g/mol. The van der Waals surface area contributed by atoms with E-state index in [0.717, 1.165) is 6.07 Å². The molecule has 1 aromatic carbocycles. The zero-order valence-corrected chi connectivity index (χ0v) is 14.8. The van der Waals surface area contributed by atoms with Crippen LogP contribution in [0.15, 0.2) is 35.1 Å². The first-order valence-corrected chi connectivity index (χ1v) is 9.26. The fourth-order valence-corrected chi connectivity index (χ4v) is 2.33. The van der Waals surface area contributed by atoms with Gasteiger partial charge in [-0.3, -0.25) is 9.36 Å². The van der Waals surface area contributed by atoms with Crippen molar-refractivity contribution < 1.29 is 33.7 Å². The highest BCUT2D eigenvalue weighted by Gasteiger charge is 2.18. The number of benzene rings is 1. The molecule has 2 rings (SSSR count). The van der Waals surface area contributed by atoms with E-state index in [1.165, 1.54) is 7.11 Å². The highest BCUT2D eigenvalue weighted by molar-refractivity contribution is 7.51. The number of aromatic amines is 1. The minimum Gasteiger partial charge on any atom is -0.497 e. The van der Waals surface area contributed by atoms with Crippen LogP contribution in [0.25, 0.3) is 11.4 Å². The highest BCUT2D eigenvalue weighted by atomic mass is 31.2. The van der Waals surface area contributed by atoms with Gasteiger partial charge in [0, 0.05) is 5.56 Å². The Bertz CT molecular complexity index is 817. The Balaban J connectivity index is 2.08. The van der Waals surface area contributed by atoms with E-state index in [2.05, 4.69) is 9.97 Å². The van der Waals surface area contributed by atoms with Gasteiger partial charge in [0.1, 0.15) is 30.6 Å². The Morgan fingerprint density at radius 2 is 1.96 bits per heavy atom. The van der Waals surface area contributed by atoms with E-state index in [9.17, 15) is 14.5 Å². The van der Waals surface area contributed by atoms with Crippen LogP contribution in [0.1, 0.15) is 0 Å². The number of ether oxygens (including phenoxy) is 3. The summed E-state index contributed by atoms with van der Waals surface area (Å²) in [7, 11) is -2.82. The second kappa shape index (κ2) is 8.93. The molecule has 1 atom stereocenters. The van der Waals surface area contributed by atoms with Gasteiger partial charge >= 0.3 is 7.60 Å². The van der Waals surface area contributed by atoms with E-state index in [1.807, 2.05) is 0 Å². The van der Waals surface area contributed by atoms with E-state index in [1.54, 1.807) is 24.3 Å². The number of nitrogens with one attached hydrogen (secondary N) is 1. The fraction of sp³-hybridized carbons (Fsp3) is 0.333. The van der Waals surface area contributed by atoms with Gasteiger partial charge < -0.3 is 34.1 Å². The number of aromatic nitrogens is 2. The van der Waals surface area contributed by atoms with Gasteiger partial charge in [0.15, 0.2) is 0 Å². The molecule has 1 heterocycles. The predicted octanol–water partition coefficient (Wildman–Crippen LogP) is 0.337. The molecule has 0 saturated carbocycles. The number of aliphatic hydroxyl groups excluding tert-OH is 1. The van der Waals surface area contributed by atoms with Crippen molar-refractivity contribution in [1.82, 2.24) is 9.97 Å². The number of methoxy groups -OCH3 is 1. The van der Waals surface area contributed by atoms with E-state index in [-0.39, 0.29) is 18.3 Å². The number of hydrogen-bond donors (Lipinski definition) is 4. The van der Waals surface area contributed by atoms with Crippen molar-refractivity contribution in [3.63, 3.8) is 0 Å². The van der Waals surface area contributed by atoms with Crippen molar-refractivity contribution in [2.24, 2.45) is 0 Å². The third-order valence-electron chi connectivity index (χ3n) is 3.18. The first kappa shape index (κ1) is 20.1. The lowest BCUT2D eigenvalue weighted by Crippen LogP contribution is -2.26. The summed E-state index contributed by atoms with van der Waals surface area (Å²) in [6, 6.07) is 7.95. The summed E-state index contributed by atoms with van der Waals surface area (Å²) in [6.45, 7) is -0.760. The molecule has 0 aliphatic carbocycles. The summed E-state index contributed by atoms with van der Waals surface area (Å²) in [4.78, 5) is 36.1. The molecular weight excluding hydrogens is 367 g/mol. The number of nitrogens with zero attached hydrogens (tertiary/aromatic N) is 1. The standard InChI is InChI=1S/C15H19N2O8P/c1-23-11-4-2-10(3-5-11)15-16-13(19)6-14(17-15)24-8-12(7-18)25-9-26(20,21)22/h2-6,12,18H,7-9H2,1H3,(H,16,17,19)(H2,20,21,22)/t12-/m1/s1. The third-order valence-corrected chi connectivity index (χ3v) is 3.67. The summed E-state index contributed by atoms with van der Waals surface area (Å²) in [6.07, 6.45) is -1.82. The smallest absolute Gasteiger partial charge is 0.350 e. The number of aliphatic hydroxyl groups is 1. The molecular formula is C15H19N2O8P. The van der Waals surface area contributed by atoms with Crippen LogP contribution in [0.2, 0.25) is 0 Å². The summed E-state index contributed by atoms with van der Waals surface area (Å²) in [5, 5.41) is 9.18. The maximum atomic E-state index is 11.8. The van der Waals surface area contributed by atoms with Gasteiger partial charge in [-0.05, 0) is 24.3 Å². The molecule has 26 heavy (non-hydrogen) atoms. The normalized spacial score (nSPS) is 12.6. The van der Waals surface area contributed by atoms with Gasteiger partial charge in [0.2, 0.25) is 5.88 Å². The maximum Gasteiger partial charge on any atom is 0.350 e. The van der Waals surface area contributed by atoms with Gasteiger partial charge in [0.25, 0.3) is 5.56 Å². The molecule has 2 aromatic rings. The summed E-state index contributed by atoms with van der Waals surface area (Å²) in [5.74, 6) is 0.904. The Morgan fingerprint density at radius 3 is 2.54 bits per heavy atom. The predicted molar refractivity (Wildman–Crippen MR) is 91.2 cm³/mol. The molecule has 0 amide bonds. The fourth-order valence-electron chi connectivity index (χ4n) is 1.93. The van der Waals surface area contributed by atoms with Crippen molar-refractivity contribution in [1.29, 1.82) is 0 Å². The molecule has 0 radical (unpaired) electrons. The molecule has 4 N–H and O–H groups in total. The van der Waals surface area contributed by atoms with E-state index >= 15 is 0 Å². The van der Waals surface area contributed by atoms with Gasteiger partial charge in [0.05, 0.1) is 19.8 Å². The van der Waals surface area contributed by atoms with Crippen LogP contribution in [0.5, 0.6) is 11.6 Å². The molecule has 0 saturated heterocycles. The van der Waals surface area contributed by atoms with Gasteiger partial charge in [-0.1, -0.05) is 0 Å². The Hall–Kier alpha value is -2.23. The average Bonchev–Trinajstić information content (AvgIpc) is 2.60. The molecule has 142 valence electrons. The van der Waals surface area contributed by atoms with Crippen LogP contribution in [0, 0.1) is 0 Å². The Labute approximate surface area is 148 Å². The number of hydrogen-bond acceptors (Lipinski definition) is 7. The summed E-state index contributed by atoms with van der Waals surface area (Å²) >= 11 is 0. The molecule has 1 aromatic heterocycles. The number of rotatable bonds is 9. The molecule has 0 fully saturated rings. The molecule has 0 spiro atoms. The average molecular weight is 386 g/mol. The van der Waals surface area contributed by atoms with Crippen molar-refractivity contribution in [2.45, 2.75) is 6.10 Å². The largest absolute Gasteiger partial charge is 0.497 e. The first-order valence-electron chi connectivity index (χ1n) is 7.46. The highest BCUT2D eigenvalue weighted by Crippen LogP contribution is 2.34. The Kier molecular flexibility index (Phi) is 6.90. The van der Waals surface area contributed by atoms with Crippen LogP contribution < -0.4 is 15.0 Å². The SMILES string of the molecule is COc1ccc(-c2nc(OC[C@@H](CO)OCP(=O)(O)O)cc(=O)[nH]2)cc1. The lowest BCUT2D eigenvalue weighted by Gasteiger charge is -2.16. The van der Waals surface area contributed by atoms with Crippen molar-refractivity contribution in [3.8, 4) is 23.0 Å². The molecule has 10 nitrogen and oxygen atoms in total. The van der Waals surface area contributed by atoms with Crippen LogP contribution in [0.4, 0.5) is 0 Å². The zero-order chi connectivity index (χ0) is 19.2. The lowest BCUT2D eigenvalue weighted by molar-refractivity contribution is 0.000461. The molecule has 0 bridgehead atoms. The van der Waals surface area contributed by atoms with E-state index in [0.29, 0.717) is 11.3 Å². The topological polar surface area (TPSA) is 151 Å². The quantitative estimate of drug-likeness (QED) is 0.447. The Morgan fingerprint density at radius 1 is 1.27 bits per heavy atom. The van der Waals surface area contributed by atoms with Crippen LogP contribution in [0.3, 0.4) is 0 Å². The maximum absolute atomic E-state index is 11.8. The van der Waals surface area contributed by atoms with Crippen LogP contribution in [-0.2, 0) is 9.30 Å². The van der Waals surface area contributed by atoms with Gasteiger partial charge in [-0.2, -0.15) is 4.98 Å². The van der Waals surface area contributed by atoms with E-state index < -0.39 is 32.2 Å². The molecule has 0 aliphatic heterocycles. The molecule has 11 heteroatoms. The van der Waals surface area contributed by atoms with Crippen molar-refractivity contribution in [2.75, 3.05) is 26.7 Å². The van der Waals surface area contributed by atoms with Crippen LogP contribution >= 0.6 is 7.60 Å². The summed E-state index contributed by atoms with van der Waals surface area (Å²) < 4.78 is 26.1. The van der Waals surface area contributed by atoms with Crippen molar-refractivity contribution in [3.05, 3.63) is 40.7 Å².